The van der Waals surface area contributed by atoms with E-state index in [0.717, 1.165) is 36.7 Å². The van der Waals surface area contributed by atoms with Crippen molar-refractivity contribution in [2.75, 3.05) is 18.4 Å². The molecule has 26 heavy (non-hydrogen) atoms. The van der Waals surface area contributed by atoms with E-state index in [1.54, 1.807) is 6.92 Å². The lowest BCUT2D eigenvalue weighted by Crippen LogP contribution is -2.54. The molecule has 1 aromatic carbocycles. The standard InChI is InChI=1S/C20H28ClN3OS/c1-15(25)23-12-10-19(11-13-23)24(18-8-3-2-4-9-18)20(26)22-17-7-5-6-16(21)14-17/h5-7,14,18-19H,2-4,8-13H2,1H3,(H,22,26). The number of rotatable bonds is 3. The van der Waals surface area contributed by atoms with Gasteiger partial charge < -0.3 is 15.1 Å². The molecule has 142 valence electrons. The zero-order valence-corrected chi connectivity index (χ0v) is 17.0. The van der Waals surface area contributed by atoms with Gasteiger partial charge >= 0.3 is 0 Å². The molecule has 0 bridgehead atoms. The molecular formula is C20H28ClN3OS. The van der Waals surface area contributed by atoms with Crippen molar-refractivity contribution in [2.45, 2.75) is 64.0 Å². The molecule has 2 fully saturated rings. The molecule has 0 spiro atoms. The first-order valence-electron chi connectivity index (χ1n) is 9.65. The van der Waals surface area contributed by atoms with Crippen molar-refractivity contribution in [1.82, 2.24) is 9.80 Å². The fourth-order valence-corrected chi connectivity index (χ4v) is 4.81. The van der Waals surface area contributed by atoms with Crippen molar-refractivity contribution in [1.29, 1.82) is 0 Å². The quantitative estimate of drug-likeness (QED) is 0.756. The number of anilines is 1. The van der Waals surface area contributed by atoms with Crippen LogP contribution in [0.5, 0.6) is 0 Å². The molecule has 1 aromatic rings. The van der Waals surface area contributed by atoms with Crippen LogP contribution in [-0.2, 0) is 4.79 Å². The van der Waals surface area contributed by atoms with Gasteiger partial charge in [0.1, 0.15) is 0 Å². The lowest BCUT2D eigenvalue weighted by molar-refractivity contribution is -0.130. The van der Waals surface area contributed by atoms with Crippen molar-refractivity contribution in [3.63, 3.8) is 0 Å². The largest absolute Gasteiger partial charge is 0.343 e. The van der Waals surface area contributed by atoms with Crippen LogP contribution in [0.1, 0.15) is 51.9 Å². The molecule has 1 saturated heterocycles. The van der Waals surface area contributed by atoms with Crippen molar-refractivity contribution in [3.05, 3.63) is 29.3 Å². The lowest BCUT2D eigenvalue weighted by atomic mass is 9.91. The van der Waals surface area contributed by atoms with Gasteiger partial charge in [-0.3, -0.25) is 4.79 Å². The number of amides is 1. The van der Waals surface area contributed by atoms with Gasteiger partial charge in [-0.15, -0.1) is 0 Å². The SMILES string of the molecule is CC(=O)N1CCC(N(C(=S)Nc2cccc(Cl)c2)C2CCCCC2)CC1. The summed E-state index contributed by atoms with van der Waals surface area (Å²) in [6.07, 6.45) is 8.22. The molecule has 0 aromatic heterocycles. The van der Waals surface area contributed by atoms with Crippen LogP contribution in [0.15, 0.2) is 24.3 Å². The molecule has 0 unspecified atom stereocenters. The van der Waals surface area contributed by atoms with E-state index in [1.165, 1.54) is 32.1 Å². The normalized spacial score (nSPS) is 19.2. The summed E-state index contributed by atoms with van der Waals surface area (Å²) in [5, 5.41) is 4.90. The van der Waals surface area contributed by atoms with E-state index in [2.05, 4.69) is 10.2 Å². The van der Waals surface area contributed by atoms with E-state index in [9.17, 15) is 4.79 Å². The number of carbonyl (C=O) groups is 1. The summed E-state index contributed by atoms with van der Waals surface area (Å²) in [5.74, 6) is 0.173. The third-order valence-corrected chi connectivity index (χ3v) is 6.13. The van der Waals surface area contributed by atoms with Crippen LogP contribution in [0.2, 0.25) is 5.02 Å². The number of halogens is 1. The highest BCUT2D eigenvalue weighted by molar-refractivity contribution is 7.80. The van der Waals surface area contributed by atoms with E-state index in [1.807, 2.05) is 29.2 Å². The monoisotopic (exact) mass is 393 g/mol. The highest BCUT2D eigenvalue weighted by atomic mass is 35.5. The second kappa shape index (κ2) is 9.05. The zero-order valence-electron chi connectivity index (χ0n) is 15.4. The van der Waals surface area contributed by atoms with Crippen molar-refractivity contribution in [2.24, 2.45) is 0 Å². The smallest absolute Gasteiger partial charge is 0.219 e. The minimum Gasteiger partial charge on any atom is -0.343 e. The van der Waals surface area contributed by atoms with Crippen LogP contribution in [0.25, 0.3) is 0 Å². The molecule has 1 heterocycles. The number of carbonyl (C=O) groups excluding carboxylic acids is 1. The van der Waals surface area contributed by atoms with E-state index < -0.39 is 0 Å². The van der Waals surface area contributed by atoms with E-state index >= 15 is 0 Å². The van der Waals surface area contributed by atoms with Gasteiger partial charge in [0.2, 0.25) is 5.91 Å². The fourth-order valence-electron chi connectivity index (χ4n) is 4.20. The maximum atomic E-state index is 11.6. The first-order valence-corrected chi connectivity index (χ1v) is 10.4. The molecule has 1 aliphatic carbocycles. The molecule has 4 nitrogen and oxygen atoms in total. The summed E-state index contributed by atoms with van der Waals surface area (Å²) in [5.41, 5.74) is 0.935. The van der Waals surface area contributed by atoms with Gasteiger partial charge in [-0.1, -0.05) is 36.9 Å². The Morgan fingerprint density at radius 2 is 1.81 bits per heavy atom. The topological polar surface area (TPSA) is 35.6 Å². The molecule has 1 aliphatic heterocycles. The minimum atomic E-state index is 0.173. The number of thiocarbonyl (C=S) groups is 1. The molecule has 3 rings (SSSR count). The Kier molecular flexibility index (Phi) is 6.76. The second-order valence-electron chi connectivity index (χ2n) is 7.38. The van der Waals surface area contributed by atoms with Crippen LogP contribution in [0.3, 0.4) is 0 Å². The Bertz CT molecular complexity index is 640. The highest BCUT2D eigenvalue weighted by Gasteiger charge is 2.32. The first kappa shape index (κ1) is 19.4. The predicted octanol–water partition coefficient (Wildman–Crippen LogP) is 4.68. The van der Waals surface area contributed by atoms with Gasteiger partial charge in [-0.2, -0.15) is 0 Å². The fraction of sp³-hybridized carbons (Fsp3) is 0.600. The number of benzene rings is 1. The summed E-state index contributed by atoms with van der Waals surface area (Å²) in [7, 11) is 0. The maximum absolute atomic E-state index is 11.6. The van der Waals surface area contributed by atoms with E-state index in [0.29, 0.717) is 17.1 Å². The average Bonchev–Trinajstić information content (AvgIpc) is 2.63. The maximum Gasteiger partial charge on any atom is 0.219 e. The number of nitrogens with zero attached hydrogens (tertiary/aromatic N) is 2. The number of hydrogen-bond acceptors (Lipinski definition) is 2. The summed E-state index contributed by atoms with van der Waals surface area (Å²) in [6, 6.07) is 8.60. The van der Waals surface area contributed by atoms with E-state index in [4.69, 9.17) is 23.8 Å². The summed E-state index contributed by atoms with van der Waals surface area (Å²) in [4.78, 5) is 16.0. The molecule has 2 aliphatic rings. The first-order chi connectivity index (χ1) is 12.5. The Morgan fingerprint density at radius 1 is 1.15 bits per heavy atom. The second-order valence-corrected chi connectivity index (χ2v) is 8.20. The molecule has 6 heteroatoms. The van der Waals surface area contributed by atoms with Crippen LogP contribution in [0.4, 0.5) is 5.69 Å². The summed E-state index contributed by atoms with van der Waals surface area (Å²) in [6.45, 7) is 3.30. The molecular weight excluding hydrogens is 366 g/mol. The Balaban J connectivity index is 1.72. The van der Waals surface area contributed by atoms with Gasteiger partial charge in [0.05, 0.1) is 0 Å². The van der Waals surface area contributed by atoms with E-state index in [-0.39, 0.29) is 5.91 Å². The minimum absolute atomic E-state index is 0.173. The number of hydrogen-bond donors (Lipinski definition) is 1. The average molecular weight is 394 g/mol. The van der Waals surface area contributed by atoms with Crippen LogP contribution >= 0.6 is 23.8 Å². The van der Waals surface area contributed by atoms with Gasteiger partial charge in [-0.25, -0.2) is 0 Å². The molecule has 1 amide bonds. The third kappa shape index (κ3) is 4.89. The van der Waals surface area contributed by atoms with Crippen molar-refractivity contribution in [3.8, 4) is 0 Å². The van der Waals surface area contributed by atoms with Gasteiger partial charge in [0, 0.05) is 42.8 Å². The van der Waals surface area contributed by atoms with Crippen molar-refractivity contribution < 1.29 is 4.79 Å². The molecule has 1 saturated carbocycles. The van der Waals surface area contributed by atoms with Gasteiger partial charge in [0.15, 0.2) is 5.11 Å². The Morgan fingerprint density at radius 3 is 2.42 bits per heavy atom. The van der Waals surface area contributed by atoms with Gasteiger partial charge in [-0.05, 0) is 56.1 Å². The third-order valence-electron chi connectivity index (χ3n) is 5.58. The summed E-state index contributed by atoms with van der Waals surface area (Å²) >= 11 is 12.0. The zero-order chi connectivity index (χ0) is 18.5. The molecule has 1 N–H and O–H groups in total. The van der Waals surface area contributed by atoms with Crippen LogP contribution in [-0.4, -0.2) is 46.0 Å². The molecule has 0 atom stereocenters. The molecule has 0 radical (unpaired) electrons. The highest BCUT2D eigenvalue weighted by Crippen LogP contribution is 2.29. The number of likely N-dealkylation sites (tertiary alicyclic amines) is 1. The van der Waals surface area contributed by atoms with Crippen molar-refractivity contribution >= 4 is 40.5 Å². The predicted molar refractivity (Wildman–Crippen MR) is 112 cm³/mol. The number of piperidine rings is 1. The Hall–Kier alpha value is -1.33. The van der Waals surface area contributed by atoms with Crippen LogP contribution in [0, 0.1) is 0 Å². The van der Waals surface area contributed by atoms with Gasteiger partial charge in [0.25, 0.3) is 0 Å². The lowest BCUT2D eigenvalue weighted by Gasteiger charge is -2.45. The van der Waals surface area contributed by atoms with Crippen LogP contribution < -0.4 is 5.32 Å². The number of nitrogens with one attached hydrogen (secondary N) is 1. The summed E-state index contributed by atoms with van der Waals surface area (Å²) < 4.78 is 0. The Labute approximate surface area is 166 Å².